The number of furan rings is 1. The van der Waals surface area contributed by atoms with Crippen LogP contribution in [0.3, 0.4) is 0 Å². The maximum atomic E-state index is 10.9. The average Bonchev–Trinajstić information content (AvgIpc) is 3.10. The third-order valence-electron chi connectivity index (χ3n) is 3.61. The molecule has 0 unspecified atom stereocenters. The Hall–Kier alpha value is -3.07. The Morgan fingerprint density at radius 2 is 1.92 bits per heavy atom. The maximum absolute atomic E-state index is 10.9. The Bertz CT molecular complexity index is 1060. The molecule has 2 aromatic carbocycles. The largest absolute Gasteiger partial charge is 0.457 e. The summed E-state index contributed by atoms with van der Waals surface area (Å²) in [5.74, 6) is 1.00. The highest BCUT2D eigenvalue weighted by Gasteiger charge is 2.11. The standard InChI is InChI=1S/C19H10Cl2N2O3/c20-17-6-4-13(10-18(17)21)19-7-5-16(26-19)9-14(11-22)12-2-1-3-15(8-12)23(24)25/h1-10H/b14-9+. The molecule has 1 aromatic heterocycles. The van der Waals surface area contributed by atoms with Crippen molar-refractivity contribution in [3.05, 3.63) is 86.1 Å². The zero-order chi connectivity index (χ0) is 18.7. The van der Waals surface area contributed by atoms with Crippen LogP contribution in [0.5, 0.6) is 0 Å². The molecule has 26 heavy (non-hydrogen) atoms. The van der Waals surface area contributed by atoms with Crippen LogP contribution in [-0.2, 0) is 0 Å². The van der Waals surface area contributed by atoms with Crippen LogP contribution in [0.15, 0.2) is 59.0 Å². The van der Waals surface area contributed by atoms with E-state index in [4.69, 9.17) is 27.6 Å². The van der Waals surface area contributed by atoms with Crippen molar-refractivity contribution in [1.82, 2.24) is 0 Å². The number of allylic oxidation sites excluding steroid dienone is 1. The van der Waals surface area contributed by atoms with Gasteiger partial charge in [-0.2, -0.15) is 5.26 Å². The number of hydrogen-bond donors (Lipinski definition) is 0. The Labute approximate surface area is 158 Å². The second kappa shape index (κ2) is 7.44. The lowest BCUT2D eigenvalue weighted by Crippen LogP contribution is -1.89. The molecule has 0 aliphatic heterocycles. The summed E-state index contributed by atoms with van der Waals surface area (Å²) >= 11 is 11.9. The number of rotatable bonds is 4. The van der Waals surface area contributed by atoms with Crippen LogP contribution in [0.1, 0.15) is 11.3 Å². The molecule has 0 amide bonds. The van der Waals surface area contributed by atoms with Gasteiger partial charge in [-0.1, -0.05) is 35.3 Å². The van der Waals surface area contributed by atoms with E-state index in [0.717, 1.165) is 5.56 Å². The van der Waals surface area contributed by atoms with Crippen LogP contribution in [0.4, 0.5) is 5.69 Å². The van der Waals surface area contributed by atoms with E-state index in [9.17, 15) is 15.4 Å². The molecule has 0 N–H and O–H groups in total. The van der Waals surface area contributed by atoms with Crippen LogP contribution in [0.25, 0.3) is 23.0 Å². The molecule has 1 heterocycles. The molecule has 3 aromatic rings. The molecule has 0 atom stereocenters. The summed E-state index contributed by atoms with van der Waals surface area (Å²) in [5, 5.41) is 21.2. The first-order valence-electron chi connectivity index (χ1n) is 7.40. The predicted molar refractivity (Wildman–Crippen MR) is 101 cm³/mol. The molecule has 0 saturated carbocycles. The predicted octanol–water partition coefficient (Wildman–Crippen LogP) is 6.23. The Morgan fingerprint density at radius 3 is 2.62 bits per heavy atom. The van der Waals surface area contributed by atoms with Gasteiger partial charge in [0.05, 0.1) is 26.6 Å². The van der Waals surface area contributed by atoms with Gasteiger partial charge in [-0.3, -0.25) is 10.1 Å². The highest BCUT2D eigenvalue weighted by molar-refractivity contribution is 6.42. The van der Waals surface area contributed by atoms with Crippen molar-refractivity contribution >= 4 is 40.5 Å². The summed E-state index contributed by atoms with van der Waals surface area (Å²) in [6.45, 7) is 0. The molecule has 5 nitrogen and oxygen atoms in total. The summed E-state index contributed by atoms with van der Waals surface area (Å²) in [6.07, 6.45) is 1.53. The first kappa shape index (κ1) is 17.7. The second-order valence-corrected chi connectivity index (χ2v) is 6.12. The molecule has 0 radical (unpaired) electrons. The van der Waals surface area contributed by atoms with Gasteiger partial charge in [0, 0.05) is 17.7 Å². The molecule has 128 valence electrons. The van der Waals surface area contributed by atoms with E-state index < -0.39 is 4.92 Å². The van der Waals surface area contributed by atoms with Gasteiger partial charge in [0.25, 0.3) is 5.69 Å². The number of benzene rings is 2. The van der Waals surface area contributed by atoms with E-state index in [-0.39, 0.29) is 11.3 Å². The number of non-ortho nitro benzene ring substituents is 1. The molecular weight excluding hydrogens is 375 g/mol. The molecule has 3 rings (SSSR count). The molecule has 7 heteroatoms. The third kappa shape index (κ3) is 3.77. The minimum Gasteiger partial charge on any atom is -0.457 e. The summed E-state index contributed by atoms with van der Waals surface area (Å²) in [5.41, 5.74) is 1.35. The normalized spacial score (nSPS) is 11.2. The lowest BCUT2D eigenvalue weighted by molar-refractivity contribution is -0.384. The molecule has 0 fully saturated rings. The maximum Gasteiger partial charge on any atom is 0.270 e. The van der Waals surface area contributed by atoms with Crippen LogP contribution in [-0.4, -0.2) is 4.92 Å². The quantitative estimate of drug-likeness (QED) is 0.303. The molecule has 0 spiro atoms. The van der Waals surface area contributed by atoms with Gasteiger partial charge >= 0.3 is 0 Å². The smallest absolute Gasteiger partial charge is 0.270 e. The zero-order valence-corrected chi connectivity index (χ0v) is 14.7. The Morgan fingerprint density at radius 1 is 1.12 bits per heavy atom. The summed E-state index contributed by atoms with van der Waals surface area (Å²) in [6, 6.07) is 16.5. The highest BCUT2D eigenvalue weighted by atomic mass is 35.5. The number of halogens is 2. The van der Waals surface area contributed by atoms with Gasteiger partial charge < -0.3 is 4.42 Å². The lowest BCUT2D eigenvalue weighted by Gasteiger charge is -2.00. The molecule has 0 bridgehead atoms. The number of nitrogens with zero attached hydrogens (tertiary/aromatic N) is 2. The SMILES string of the molecule is N#C/C(=C\c1ccc(-c2ccc(Cl)c(Cl)c2)o1)c1cccc([N+](=O)[O-])c1. The van der Waals surface area contributed by atoms with E-state index in [0.29, 0.717) is 27.1 Å². The topological polar surface area (TPSA) is 80.1 Å². The van der Waals surface area contributed by atoms with Crippen molar-refractivity contribution in [3.8, 4) is 17.4 Å². The summed E-state index contributed by atoms with van der Waals surface area (Å²) in [7, 11) is 0. The minimum absolute atomic E-state index is 0.0837. The van der Waals surface area contributed by atoms with E-state index in [2.05, 4.69) is 0 Å². The number of hydrogen-bond acceptors (Lipinski definition) is 4. The summed E-state index contributed by atoms with van der Waals surface area (Å²) < 4.78 is 5.73. The van der Waals surface area contributed by atoms with Gasteiger partial charge in [0.1, 0.15) is 11.5 Å². The fraction of sp³-hybridized carbons (Fsp3) is 0. The van der Waals surface area contributed by atoms with E-state index in [1.165, 1.54) is 24.3 Å². The van der Waals surface area contributed by atoms with Crippen molar-refractivity contribution < 1.29 is 9.34 Å². The van der Waals surface area contributed by atoms with E-state index in [1.54, 1.807) is 36.4 Å². The first-order chi connectivity index (χ1) is 12.5. The third-order valence-corrected chi connectivity index (χ3v) is 4.34. The van der Waals surface area contributed by atoms with Crippen LogP contribution in [0, 0.1) is 21.4 Å². The molecule has 0 saturated heterocycles. The Balaban J connectivity index is 1.95. The van der Waals surface area contributed by atoms with Gasteiger partial charge in [-0.25, -0.2) is 0 Å². The molecule has 0 aliphatic carbocycles. The van der Waals surface area contributed by atoms with E-state index in [1.807, 2.05) is 6.07 Å². The second-order valence-electron chi connectivity index (χ2n) is 5.31. The monoisotopic (exact) mass is 384 g/mol. The Kier molecular flexibility index (Phi) is 5.08. The van der Waals surface area contributed by atoms with Crippen molar-refractivity contribution in [1.29, 1.82) is 5.26 Å². The number of nitro benzene ring substituents is 1. The molecule has 0 aliphatic rings. The van der Waals surface area contributed by atoms with Gasteiger partial charge in [0.15, 0.2) is 0 Å². The lowest BCUT2D eigenvalue weighted by atomic mass is 10.1. The van der Waals surface area contributed by atoms with Crippen LogP contribution < -0.4 is 0 Å². The average molecular weight is 385 g/mol. The fourth-order valence-electron chi connectivity index (χ4n) is 2.34. The van der Waals surface area contributed by atoms with Crippen molar-refractivity contribution in [2.24, 2.45) is 0 Å². The van der Waals surface area contributed by atoms with Crippen LogP contribution in [0.2, 0.25) is 10.0 Å². The van der Waals surface area contributed by atoms with Crippen molar-refractivity contribution in [2.75, 3.05) is 0 Å². The van der Waals surface area contributed by atoms with Crippen LogP contribution >= 0.6 is 23.2 Å². The van der Waals surface area contributed by atoms with Gasteiger partial charge in [-0.05, 0) is 42.0 Å². The minimum atomic E-state index is -0.506. The number of nitriles is 1. The highest BCUT2D eigenvalue weighted by Crippen LogP contribution is 2.30. The number of nitro groups is 1. The van der Waals surface area contributed by atoms with Gasteiger partial charge in [-0.15, -0.1) is 0 Å². The first-order valence-corrected chi connectivity index (χ1v) is 8.15. The van der Waals surface area contributed by atoms with Crippen molar-refractivity contribution in [3.63, 3.8) is 0 Å². The zero-order valence-electron chi connectivity index (χ0n) is 13.1. The fourth-order valence-corrected chi connectivity index (χ4v) is 2.64. The van der Waals surface area contributed by atoms with E-state index >= 15 is 0 Å². The molecular formula is C19H10Cl2N2O3. The van der Waals surface area contributed by atoms with Crippen molar-refractivity contribution in [2.45, 2.75) is 0 Å². The summed E-state index contributed by atoms with van der Waals surface area (Å²) in [4.78, 5) is 10.4. The van der Waals surface area contributed by atoms with Gasteiger partial charge in [0.2, 0.25) is 0 Å².